The number of hydrogen-bond acceptors (Lipinski definition) is 4. The van der Waals surface area contributed by atoms with Gasteiger partial charge in [0.25, 0.3) is 0 Å². The van der Waals surface area contributed by atoms with Crippen LogP contribution >= 0.6 is 15.9 Å². The number of nitrogens with zero attached hydrogens (tertiary/aromatic N) is 3. The Balaban J connectivity index is 1.48. The molecule has 0 bridgehead atoms. The first-order valence-electron chi connectivity index (χ1n) is 9.06. The molecule has 1 amide bonds. The summed E-state index contributed by atoms with van der Waals surface area (Å²) in [6, 6.07) is 16.5. The van der Waals surface area contributed by atoms with Gasteiger partial charge in [0.2, 0.25) is 0 Å². The van der Waals surface area contributed by atoms with Crippen LogP contribution < -0.4 is 9.80 Å². The van der Waals surface area contributed by atoms with Crippen LogP contribution in [-0.2, 0) is 17.7 Å². The third-order valence-corrected chi connectivity index (χ3v) is 5.91. The van der Waals surface area contributed by atoms with Crippen LogP contribution in [-0.4, -0.2) is 30.8 Å². The predicted octanol–water partition coefficient (Wildman–Crippen LogP) is 4.52. The van der Waals surface area contributed by atoms with Crippen molar-refractivity contribution in [1.82, 2.24) is 4.98 Å². The lowest BCUT2D eigenvalue weighted by Gasteiger charge is -2.32. The van der Waals surface area contributed by atoms with E-state index in [1.165, 1.54) is 11.1 Å². The molecule has 0 spiro atoms. The molecule has 0 atom stereocenters. The van der Waals surface area contributed by atoms with E-state index >= 15 is 0 Å². The van der Waals surface area contributed by atoms with Crippen LogP contribution in [0.5, 0.6) is 0 Å². The topological polar surface area (TPSA) is 45.7 Å². The third kappa shape index (κ3) is 2.84. The summed E-state index contributed by atoms with van der Waals surface area (Å²) in [4.78, 5) is 20.9. The lowest BCUT2D eigenvalue weighted by molar-refractivity contribution is 0.181. The number of para-hydroxylation sites is 1. The maximum absolute atomic E-state index is 12.0. The number of fused-ring (bicyclic) bond motifs is 2. The number of pyridine rings is 1. The van der Waals surface area contributed by atoms with Crippen molar-refractivity contribution in [2.45, 2.75) is 13.0 Å². The number of amides is 1. The van der Waals surface area contributed by atoms with Gasteiger partial charge in [0.05, 0.1) is 17.7 Å². The Morgan fingerprint density at radius 3 is 2.78 bits per heavy atom. The highest BCUT2D eigenvalue weighted by molar-refractivity contribution is 9.10. The number of rotatable bonds is 2. The molecule has 2 aromatic carbocycles. The van der Waals surface area contributed by atoms with E-state index in [0.717, 1.165) is 46.4 Å². The first-order chi connectivity index (χ1) is 13.2. The molecule has 2 aliphatic heterocycles. The lowest BCUT2D eigenvalue weighted by Crippen LogP contribution is -2.33. The Morgan fingerprint density at radius 1 is 1.04 bits per heavy atom. The zero-order valence-corrected chi connectivity index (χ0v) is 16.3. The Labute approximate surface area is 165 Å². The van der Waals surface area contributed by atoms with Crippen LogP contribution in [0.2, 0.25) is 0 Å². The Kier molecular flexibility index (Phi) is 4.01. The van der Waals surface area contributed by atoms with E-state index in [1.54, 1.807) is 4.90 Å². The molecule has 0 saturated carbocycles. The van der Waals surface area contributed by atoms with Gasteiger partial charge in [-0.1, -0.05) is 24.3 Å². The van der Waals surface area contributed by atoms with E-state index in [2.05, 4.69) is 45.1 Å². The lowest BCUT2D eigenvalue weighted by atomic mass is 9.97. The maximum Gasteiger partial charge on any atom is 0.414 e. The van der Waals surface area contributed by atoms with Crippen molar-refractivity contribution < 1.29 is 9.53 Å². The zero-order chi connectivity index (χ0) is 18.4. The quantitative estimate of drug-likeness (QED) is 0.607. The molecule has 6 heteroatoms. The molecule has 3 aromatic rings. The smallest absolute Gasteiger partial charge is 0.414 e. The fourth-order valence-electron chi connectivity index (χ4n) is 3.93. The van der Waals surface area contributed by atoms with E-state index in [9.17, 15) is 4.79 Å². The van der Waals surface area contributed by atoms with Crippen molar-refractivity contribution in [2.24, 2.45) is 0 Å². The van der Waals surface area contributed by atoms with Crippen LogP contribution in [0.1, 0.15) is 11.1 Å². The number of carbonyl (C=O) groups excluding carboxylic acids is 1. The van der Waals surface area contributed by atoms with E-state index in [-0.39, 0.29) is 6.09 Å². The van der Waals surface area contributed by atoms with E-state index < -0.39 is 0 Å². The number of anilines is 2. The minimum atomic E-state index is -0.244. The van der Waals surface area contributed by atoms with Gasteiger partial charge >= 0.3 is 6.09 Å². The number of aromatic nitrogens is 1. The summed E-state index contributed by atoms with van der Waals surface area (Å²) in [5.41, 5.74) is 4.46. The number of benzene rings is 2. The molecule has 1 fully saturated rings. The fourth-order valence-corrected chi connectivity index (χ4v) is 4.40. The first kappa shape index (κ1) is 16.6. The minimum Gasteiger partial charge on any atom is -0.447 e. The van der Waals surface area contributed by atoms with Gasteiger partial charge in [0.15, 0.2) is 0 Å². The van der Waals surface area contributed by atoms with Crippen molar-refractivity contribution in [2.75, 3.05) is 29.5 Å². The summed E-state index contributed by atoms with van der Waals surface area (Å²) in [5, 5.41) is 1.13. The molecule has 0 aliphatic carbocycles. The molecule has 1 aromatic heterocycles. The molecule has 0 radical (unpaired) electrons. The van der Waals surface area contributed by atoms with Crippen LogP contribution in [0.4, 0.5) is 16.3 Å². The van der Waals surface area contributed by atoms with Crippen LogP contribution in [0, 0.1) is 0 Å². The highest BCUT2D eigenvalue weighted by Crippen LogP contribution is 2.33. The van der Waals surface area contributed by atoms with Crippen molar-refractivity contribution in [3.63, 3.8) is 0 Å². The molecule has 136 valence electrons. The molecule has 1 saturated heterocycles. The number of hydrogen-bond donors (Lipinski definition) is 0. The SMILES string of the molecule is O=C1OCCN1c1cccc2c1CCN(c1ccc3cccc(Br)c3n1)C2. The summed E-state index contributed by atoms with van der Waals surface area (Å²) in [7, 11) is 0. The van der Waals surface area contributed by atoms with Crippen molar-refractivity contribution >= 4 is 44.4 Å². The fraction of sp³-hybridized carbons (Fsp3) is 0.238. The van der Waals surface area contributed by atoms with Crippen LogP contribution in [0.15, 0.2) is 53.0 Å². The van der Waals surface area contributed by atoms with Gasteiger partial charge in [-0.05, 0) is 57.7 Å². The Morgan fingerprint density at radius 2 is 1.93 bits per heavy atom. The Hall–Kier alpha value is -2.60. The number of halogens is 1. The number of carbonyl (C=O) groups is 1. The van der Waals surface area contributed by atoms with Gasteiger partial charge < -0.3 is 9.64 Å². The second-order valence-corrected chi connectivity index (χ2v) is 7.69. The first-order valence-corrected chi connectivity index (χ1v) is 9.85. The van der Waals surface area contributed by atoms with Crippen LogP contribution in [0.3, 0.4) is 0 Å². The standard InChI is InChI=1S/C21H18BrN3O2/c22-17-5-1-3-14-7-8-19(23-20(14)17)24-10-9-16-15(13-24)4-2-6-18(16)25-11-12-27-21(25)26/h1-8H,9-13H2. The molecule has 0 N–H and O–H groups in total. The molecular weight excluding hydrogens is 406 g/mol. The highest BCUT2D eigenvalue weighted by Gasteiger charge is 2.28. The average Bonchev–Trinajstić information content (AvgIpc) is 3.13. The van der Waals surface area contributed by atoms with E-state index in [0.29, 0.717) is 13.2 Å². The van der Waals surface area contributed by atoms with Gasteiger partial charge in [0, 0.05) is 22.9 Å². The van der Waals surface area contributed by atoms with Gasteiger partial charge in [-0.3, -0.25) is 4.90 Å². The third-order valence-electron chi connectivity index (χ3n) is 5.27. The summed E-state index contributed by atoms with van der Waals surface area (Å²) >= 11 is 3.60. The minimum absolute atomic E-state index is 0.244. The summed E-state index contributed by atoms with van der Waals surface area (Å²) in [5.74, 6) is 0.978. The van der Waals surface area contributed by atoms with Crippen molar-refractivity contribution in [3.8, 4) is 0 Å². The highest BCUT2D eigenvalue weighted by atomic mass is 79.9. The van der Waals surface area contributed by atoms with Gasteiger partial charge in [-0.25, -0.2) is 9.78 Å². The molecule has 3 heterocycles. The van der Waals surface area contributed by atoms with E-state index in [4.69, 9.17) is 9.72 Å². The summed E-state index contributed by atoms with van der Waals surface area (Å²) in [6.07, 6.45) is 0.636. The maximum atomic E-state index is 12.0. The zero-order valence-electron chi connectivity index (χ0n) is 14.7. The second-order valence-electron chi connectivity index (χ2n) is 6.83. The molecule has 2 aliphatic rings. The average molecular weight is 424 g/mol. The van der Waals surface area contributed by atoms with Crippen molar-refractivity contribution in [1.29, 1.82) is 0 Å². The normalized spacial score (nSPS) is 16.6. The monoisotopic (exact) mass is 423 g/mol. The molecule has 5 rings (SSSR count). The summed E-state index contributed by atoms with van der Waals surface area (Å²) < 4.78 is 6.12. The van der Waals surface area contributed by atoms with Gasteiger partial charge in [-0.15, -0.1) is 0 Å². The molecule has 0 unspecified atom stereocenters. The van der Waals surface area contributed by atoms with E-state index in [1.807, 2.05) is 24.3 Å². The Bertz CT molecular complexity index is 1050. The van der Waals surface area contributed by atoms with Gasteiger partial charge in [0.1, 0.15) is 12.4 Å². The largest absolute Gasteiger partial charge is 0.447 e. The summed E-state index contributed by atoms with van der Waals surface area (Å²) in [6.45, 7) is 2.74. The second kappa shape index (κ2) is 6.53. The predicted molar refractivity (Wildman–Crippen MR) is 109 cm³/mol. The number of cyclic esters (lactones) is 1. The van der Waals surface area contributed by atoms with Gasteiger partial charge in [-0.2, -0.15) is 0 Å². The van der Waals surface area contributed by atoms with Crippen LogP contribution in [0.25, 0.3) is 10.9 Å². The number of ether oxygens (including phenoxy) is 1. The molecule has 5 nitrogen and oxygen atoms in total. The molecule has 27 heavy (non-hydrogen) atoms. The van der Waals surface area contributed by atoms with Crippen molar-refractivity contribution in [3.05, 3.63) is 64.1 Å². The molecular formula is C21H18BrN3O2.